The minimum Gasteiger partial charge on any atom is -0.493 e. The van der Waals surface area contributed by atoms with E-state index in [2.05, 4.69) is 9.88 Å². The third-order valence-corrected chi connectivity index (χ3v) is 5.20. The first kappa shape index (κ1) is 18.9. The summed E-state index contributed by atoms with van der Waals surface area (Å²) >= 11 is 0. The van der Waals surface area contributed by atoms with Gasteiger partial charge in [-0.15, -0.1) is 0 Å². The van der Waals surface area contributed by atoms with Crippen molar-refractivity contribution in [2.24, 2.45) is 0 Å². The number of nitrogens with zero attached hydrogens (tertiary/aromatic N) is 2. The van der Waals surface area contributed by atoms with Crippen LogP contribution in [-0.2, 0) is 11.2 Å². The summed E-state index contributed by atoms with van der Waals surface area (Å²) in [7, 11) is 3.16. The van der Waals surface area contributed by atoms with Crippen molar-refractivity contribution in [3.05, 3.63) is 52.5 Å². The van der Waals surface area contributed by atoms with Crippen molar-refractivity contribution in [2.75, 3.05) is 45.3 Å². The molecule has 0 radical (unpaired) electrons. The zero-order valence-corrected chi connectivity index (χ0v) is 16.4. The van der Waals surface area contributed by atoms with Crippen LogP contribution in [0.1, 0.15) is 5.56 Å². The van der Waals surface area contributed by atoms with Crippen molar-refractivity contribution in [1.82, 2.24) is 9.88 Å². The molecule has 1 aliphatic heterocycles. The number of hydrogen-bond acceptors (Lipinski definition) is 6. The molecule has 0 atom stereocenters. The van der Waals surface area contributed by atoms with E-state index in [4.69, 9.17) is 13.9 Å². The van der Waals surface area contributed by atoms with Gasteiger partial charge in [0.2, 0.25) is 5.91 Å². The number of rotatable bonds is 5. The van der Waals surface area contributed by atoms with E-state index in [1.807, 2.05) is 41.3 Å². The standard InChI is InChI=1S/C21H23N3O5/c1-27-17-7-6-14(12-18(17)28-2)13-19(25)24-10-8-23(9-11-24)16-5-3-4-15-20(16)29-21(26)22-15/h3-7,12H,8-11,13H2,1-2H3,(H,22,26). The Balaban J connectivity index is 1.41. The monoisotopic (exact) mass is 397 g/mol. The highest BCUT2D eigenvalue weighted by atomic mass is 16.5. The lowest BCUT2D eigenvalue weighted by molar-refractivity contribution is -0.130. The van der Waals surface area contributed by atoms with Gasteiger partial charge in [-0.1, -0.05) is 12.1 Å². The number of carbonyl (C=O) groups excluding carboxylic acids is 1. The molecule has 3 aromatic rings. The first-order chi connectivity index (χ1) is 14.1. The Morgan fingerprint density at radius 3 is 2.55 bits per heavy atom. The normalized spacial score (nSPS) is 14.3. The lowest BCUT2D eigenvalue weighted by atomic mass is 10.1. The predicted molar refractivity (Wildman–Crippen MR) is 109 cm³/mol. The second-order valence-corrected chi connectivity index (χ2v) is 6.90. The quantitative estimate of drug-likeness (QED) is 0.709. The van der Waals surface area contributed by atoms with E-state index in [1.54, 1.807) is 14.2 Å². The number of carbonyl (C=O) groups is 1. The van der Waals surface area contributed by atoms with E-state index in [1.165, 1.54) is 0 Å². The molecule has 4 rings (SSSR count). The number of oxazole rings is 1. The Kier molecular flexibility index (Phi) is 5.16. The van der Waals surface area contributed by atoms with Gasteiger partial charge in [0.15, 0.2) is 17.1 Å². The number of nitrogens with one attached hydrogen (secondary N) is 1. The van der Waals surface area contributed by atoms with Crippen molar-refractivity contribution in [2.45, 2.75) is 6.42 Å². The van der Waals surface area contributed by atoms with E-state index in [-0.39, 0.29) is 5.91 Å². The largest absolute Gasteiger partial charge is 0.493 e. The molecule has 1 saturated heterocycles. The predicted octanol–water partition coefficient (Wildman–Crippen LogP) is 2.03. The van der Waals surface area contributed by atoms with Gasteiger partial charge in [-0.3, -0.25) is 9.78 Å². The number of benzene rings is 2. The molecule has 0 saturated carbocycles. The summed E-state index contributed by atoms with van der Waals surface area (Å²) in [6.45, 7) is 2.56. The average molecular weight is 397 g/mol. The molecule has 1 fully saturated rings. The van der Waals surface area contributed by atoms with Crippen molar-refractivity contribution in [1.29, 1.82) is 0 Å². The Hall–Kier alpha value is -3.42. The second kappa shape index (κ2) is 7.90. The average Bonchev–Trinajstić information content (AvgIpc) is 3.14. The molecule has 2 aromatic carbocycles. The van der Waals surface area contributed by atoms with Gasteiger partial charge in [-0.05, 0) is 29.8 Å². The molecule has 1 N–H and O–H groups in total. The molecule has 1 aliphatic rings. The summed E-state index contributed by atoms with van der Waals surface area (Å²) in [5.74, 6) is 0.867. The SMILES string of the molecule is COc1ccc(CC(=O)N2CCN(c3cccc4[nH]c(=O)oc34)CC2)cc1OC. The lowest BCUT2D eigenvalue weighted by Crippen LogP contribution is -2.49. The number of ether oxygens (including phenoxy) is 2. The topological polar surface area (TPSA) is 88.0 Å². The van der Waals surface area contributed by atoms with E-state index in [0.29, 0.717) is 55.2 Å². The van der Waals surface area contributed by atoms with E-state index in [9.17, 15) is 9.59 Å². The number of methoxy groups -OCH3 is 2. The van der Waals surface area contributed by atoms with Crippen LogP contribution >= 0.6 is 0 Å². The van der Waals surface area contributed by atoms with Gasteiger partial charge in [-0.25, -0.2) is 4.79 Å². The van der Waals surface area contributed by atoms with E-state index in [0.717, 1.165) is 11.3 Å². The van der Waals surface area contributed by atoms with Gasteiger partial charge in [0.1, 0.15) is 0 Å². The smallest absolute Gasteiger partial charge is 0.417 e. The van der Waals surface area contributed by atoms with Gasteiger partial charge < -0.3 is 23.7 Å². The number of hydrogen-bond donors (Lipinski definition) is 1. The number of anilines is 1. The maximum absolute atomic E-state index is 12.8. The second-order valence-electron chi connectivity index (χ2n) is 6.90. The first-order valence-electron chi connectivity index (χ1n) is 9.44. The highest BCUT2D eigenvalue weighted by Crippen LogP contribution is 2.28. The van der Waals surface area contributed by atoms with Crippen molar-refractivity contribution >= 4 is 22.7 Å². The summed E-state index contributed by atoms with van der Waals surface area (Å²) in [4.78, 5) is 30.9. The summed E-state index contributed by atoms with van der Waals surface area (Å²) in [6, 6.07) is 11.2. The Morgan fingerprint density at radius 2 is 1.83 bits per heavy atom. The number of fused-ring (bicyclic) bond motifs is 1. The van der Waals surface area contributed by atoms with E-state index >= 15 is 0 Å². The molecule has 2 heterocycles. The van der Waals surface area contributed by atoms with Crippen LogP contribution in [0.3, 0.4) is 0 Å². The Morgan fingerprint density at radius 1 is 1.07 bits per heavy atom. The maximum Gasteiger partial charge on any atom is 0.417 e. The summed E-state index contributed by atoms with van der Waals surface area (Å²) in [5, 5.41) is 0. The molecular formula is C21H23N3O5. The van der Waals surface area contributed by atoms with Gasteiger partial charge >= 0.3 is 5.76 Å². The number of amides is 1. The minimum absolute atomic E-state index is 0.0725. The molecule has 29 heavy (non-hydrogen) atoms. The van der Waals surface area contributed by atoms with Crippen LogP contribution in [0.2, 0.25) is 0 Å². The molecule has 0 aliphatic carbocycles. The zero-order valence-electron chi connectivity index (χ0n) is 16.4. The molecule has 0 bridgehead atoms. The highest BCUT2D eigenvalue weighted by Gasteiger charge is 2.23. The van der Waals surface area contributed by atoms with E-state index < -0.39 is 5.76 Å². The number of piperazine rings is 1. The van der Waals surface area contributed by atoms with Crippen LogP contribution in [0.5, 0.6) is 11.5 Å². The number of para-hydroxylation sites is 1. The number of H-pyrrole nitrogens is 1. The van der Waals surface area contributed by atoms with Gasteiger partial charge in [-0.2, -0.15) is 0 Å². The van der Waals surface area contributed by atoms with Crippen LogP contribution in [0.4, 0.5) is 5.69 Å². The third kappa shape index (κ3) is 3.78. The molecule has 1 aromatic heterocycles. The van der Waals surface area contributed by atoms with Crippen LogP contribution in [0.15, 0.2) is 45.6 Å². The fourth-order valence-corrected chi connectivity index (χ4v) is 3.68. The van der Waals surface area contributed by atoms with Gasteiger partial charge in [0.25, 0.3) is 0 Å². The molecule has 8 nitrogen and oxygen atoms in total. The van der Waals surface area contributed by atoms with Crippen LogP contribution in [0.25, 0.3) is 11.1 Å². The van der Waals surface area contributed by atoms with Crippen LogP contribution in [0, 0.1) is 0 Å². The Bertz CT molecular complexity index is 1080. The van der Waals surface area contributed by atoms with Gasteiger partial charge in [0, 0.05) is 26.2 Å². The zero-order chi connectivity index (χ0) is 20.4. The molecule has 8 heteroatoms. The molecular weight excluding hydrogens is 374 g/mol. The van der Waals surface area contributed by atoms with Crippen LogP contribution in [-0.4, -0.2) is 56.2 Å². The molecule has 1 amide bonds. The summed E-state index contributed by atoms with van der Waals surface area (Å²) < 4.78 is 15.8. The minimum atomic E-state index is -0.462. The van der Waals surface area contributed by atoms with Crippen molar-refractivity contribution in [3.63, 3.8) is 0 Å². The van der Waals surface area contributed by atoms with Gasteiger partial charge in [0.05, 0.1) is 31.8 Å². The maximum atomic E-state index is 12.8. The molecule has 0 spiro atoms. The van der Waals surface area contributed by atoms with Crippen molar-refractivity contribution in [3.8, 4) is 11.5 Å². The molecule has 152 valence electrons. The number of aromatic amines is 1. The number of aromatic nitrogens is 1. The summed E-state index contributed by atoms with van der Waals surface area (Å²) in [5.41, 5.74) is 2.99. The lowest BCUT2D eigenvalue weighted by Gasteiger charge is -2.36. The Labute approximate surface area is 167 Å². The third-order valence-electron chi connectivity index (χ3n) is 5.20. The fourth-order valence-electron chi connectivity index (χ4n) is 3.68. The fraction of sp³-hybridized carbons (Fsp3) is 0.333. The highest BCUT2D eigenvalue weighted by molar-refractivity contribution is 5.86. The van der Waals surface area contributed by atoms with Crippen LogP contribution < -0.4 is 20.1 Å². The summed E-state index contributed by atoms with van der Waals surface area (Å²) in [6.07, 6.45) is 0.308. The van der Waals surface area contributed by atoms with Crippen molar-refractivity contribution < 1.29 is 18.7 Å². The first-order valence-corrected chi connectivity index (χ1v) is 9.44. The molecule has 0 unspecified atom stereocenters.